The fraction of sp³-hybridized carbons (Fsp3) is 0.562. The van der Waals surface area contributed by atoms with Crippen molar-refractivity contribution in [3.05, 3.63) is 28.2 Å². The minimum absolute atomic E-state index is 0.0418. The summed E-state index contributed by atoms with van der Waals surface area (Å²) in [5.74, 6) is 0.0418. The Morgan fingerprint density at radius 3 is 2.71 bits per heavy atom. The number of carbonyl (C=O) groups is 1. The van der Waals surface area contributed by atoms with Gasteiger partial charge in [0, 0.05) is 29.4 Å². The summed E-state index contributed by atoms with van der Waals surface area (Å²) in [5, 5.41) is 3.07. The quantitative estimate of drug-likeness (QED) is 0.850. The summed E-state index contributed by atoms with van der Waals surface area (Å²) in [4.78, 5) is 12.7. The van der Waals surface area contributed by atoms with Gasteiger partial charge in [0.05, 0.1) is 12.0 Å². The number of hydrogen-bond donors (Lipinski definition) is 2. The molecule has 0 saturated heterocycles. The second kappa shape index (κ2) is 7.38. The molecular weight excluding hydrogens is 332 g/mol. The molecule has 21 heavy (non-hydrogen) atoms. The first-order chi connectivity index (χ1) is 10.1. The van der Waals surface area contributed by atoms with Gasteiger partial charge in [0.1, 0.15) is 0 Å². The Morgan fingerprint density at radius 2 is 2.10 bits per heavy atom. The molecule has 1 fully saturated rings. The van der Waals surface area contributed by atoms with Gasteiger partial charge in [0.15, 0.2) is 0 Å². The van der Waals surface area contributed by atoms with Crippen LogP contribution in [0.4, 0.5) is 5.69 Å². The van der Waals surface area contributed by atoms with E-state index in [1.807, 2.05) is 18.2 Å². The van der Waals surface area contributed by atoms with Crippen LogP contribution in [0.2, 0.25) is 0 Å². The molecule has 4 nitrogen and oxygen atoms in total. The van der Waals surface area contributed by atoms with Gasteiger partial charge in [0.2, 0.25) is 5.91 Å². The average molecular weight is 355 g/mol. The standard InChI is InChI=1S/C16H23BrN2O2/c1-21-10-12-13(17)6-5-7-14(12)19-15(20)16(11-18)8-3-2-4-9-16/h5-7H,2-4,8-11,18H2,1H3,(H,19,20). The third-order valence-corrected chi connectivity index (χ3v) is 5.08. The molecule has 116 valence electrons. The third kappa shape index (κ3) is 3.65. The number of carbonyl (C=O) groups excluding carboxylic acids is 1. The minimum Gasteiger partial charge on any atom is -0.380 e. The highest BCUT2D eigenvalue weighted by Gasteiger charge is 2.38. The molecule has 1 saturated carbocycles. The summed E-state index contributed by atoms with van der Waals surface area (Å²) in [6, 6.07) is 5.77. The van der Waals surface area contributed by atoms with Crippen LogP contribution < -0.4 is 11.1 Å². The monoisotopic (exact) mass is 354 g/mol. The Hall–Kier alpha value is -0.910. The molecule has 1 aromatic carbocycles. The van der Waals surface area contributed by atoms with E-state index in [1.165, 1.54) is 6.42 Å². The van der Waals surface area contributed by atoms with Gasteiger partial charge in [-0.3, -0.25) is 4.79 Å². The van der Waals surface area contributed by atoms with Crippen LogP contribution in [-0.4, -0.2) is 19.6 Å². The maximum atomic E-state index is 12.7. The molecule has 3 N–H and O–H groups in total. The van der Waals surface area contributed by atoms with Crippen LogP contribution in [-0.2, 0) is 16.1 Å². The lowest BCUT2D eigenvalue weighted by Gasteiger charge is -2.34. The zero-order chi connectivity index (χ0) is 15.3. The number of nitrogens with two attached hydrogens (primary N) is 1. The molecule has 0 aromatic heterocycles. The molecule has 0 bridgehead atoms. The molecule has 0 radical (unpaired) electrons. The second-order valence-electron chi connectivity index (χ2n) is 5.70. The van der Waals surface area contributed by atoms with Crippen LogP contribution in [0.5, 0.6) is 0 Å². The molecule has 1 amide bonds. The van der Waals surface area contributed by atoms with Crippen LogP contribution in [0.25, 0.3) is 0 Å². The lowest BCUT2D eigenvalue weighted by molar-refractivity contribution is -0.126. The predicted molar refractivity (Wildman–Crippen MR) is 88.1 cm³/mol. The molecule has 0 heterocycles. The van der Waals surface area contributed by atoms with E-state index in [-0.39, 0.29) is 5.91 Å². The van der Waals surface area contributed by atoms with Crippen LogP contribution >= 0.6 is 15.9 Å². The number of halogens is 1. The van der Waals surface area contributed by atoms with E-state index in [4.69, 9.17) is 10.5 Å². The number of anilines is 1. The van der Waals surface area contributed by atoms with Crippen molar-refractivity contribution in [2.75, 3.05) is 19.0 Å². The van der Waals surface area contributed by atoms with Crippen LogP contribution in [0.15, 0.2) is 22.7 Å². The number of methoxy groups -OCH3 is 1. The van der Waals surface area contributed by atoms with Gasteiger partial charge in [-0.05, 0) is 25.0 Å². The molecule has 1 aromatic rings. The lowest BCUT2D eigenvalue weighted by atomic mass is 9.73. The van der Waals surface area contributed by atoms with E-state index in [0.29, 0.717) is 13.2 Å². The number of nitrogens with one attached hydrogen (secondary N) is 1. The number of amides is 1. The van der Waals surface area contributed by atoms with E-state index in [1.54, 1.807) is 7.11 Å². The molecule has 1 aliphatic rings. The molecule has 2 rings (SSSR count). The topological polar surface area (TPSA) is 64.3 Å². The van der Waals surface area contributed by atoms with Crippen molar-refractivity contribution in [1.29, 1.82) is 0 Å². The van der Waals surface area contributed by atoms with Gasteiger partial charge in [-0.25, -0.2) is 0 Å². The number of ether oxygens (including phenoxy) is 1. The Bertz CT molecular complexity index is 499. The zero-order valence-electron chi connectivity index (χ0n) is 12.5. The molecular formula is C16H23BrN2O2. The lowest BCUT2D eigenvalue weighted by Crippen LogP contribution is -2.44. The van der Waals surface area contributed by atoms with E-state index >= 15 is 0 Å². The largest absolute Gasteiger partial charge is 0.380 e. The Labute approximate surface area is 134 Å². The van der Waals surface area contributed by atoms with Gasteiger partial charge in [-0.1, -0.05) is 41.3 Å². The highest BCUT2D eigenvalue weighted by molar-refractivity contribution is 9.10. The summed E-state index contributed by atoms with van der Waals surface area (Å²) < 4.78 is 6.16. The average Bonchev–Trinajstić information content (AvgIpc) is 2.51. The predicted octanol–water partition coefficient (Wildman–Crippen LogP) is 3.44. The minimum atomic E-state index is -0.412. The van der Waals surface area contributed by atoms with Crippen molar-refractivity contribution in [3.63, 3.8) is 0 Å². The van der Waals surface area contributed by atoms with Gasteiger partial charge in [0.25, 0.3) is 0 Å². The number of hydrogen-bond acceptors (Lipinski definition) is 3. The first-order valence-corrected chi connectivity index (χ1v) is 8.20. The maximum absolute atomic E-state index is 12.7. The van der Waals surface area contributed by atoms with Gasteiger partial charge in [-0.15, -0.1) is 0 Å². The summed E-state index contributed by atoms with van der Waals surface area (Å²) >= 11 is 3.51. The molecule has 5 heteroatoms. The van der Waals surface area contributed by atoms with E-state index in [9.17, 15) is 4.79 Å². The van der Waals surface area contributed by atoms with Crippen molar-refractivity contribution >= 4 is 27.5 Å². The van der Waals surface area contributed by atoms with E-state index in [0.717, 1.165) is 41.4 Å². The number of benzene rings is 1. The summed E-state index contributed by atoms with van der Waals surface area (Å²) in [6.45, 7) is 0.860. The molecule has 1 aliphatic carbocycles. The zero-order valence-corrected chi connectivity index (χ0v) is 14.0. The summed E-state index contributed by atoms with van der Waals surface area (Å²) in [7, 11) is 1.65. The van der Waals surface area contributed by atoms with Crippen LogP contribution in [0.3, 0.4) is 0 Å². The third-order valence-electron chi connectivity index (χ3n) is 4.34. The summed E-state index contributed by atoms with van der Waals surface area (Å²) in [5.41, 5.74) is 7.27. The Kier molecular flexibility index (Phi) is 5.79. The van der Waals surface area contributed by atoms with Gasteiger partial charge >= 0.3 is 0 Å². The Morgan fingerprint density at radius 1 is 1.38 bits per heavy atom. The summed E-state index contributed by atoms with van der Waals surface area (Å²) in [6.07, 6.45) is 5.11. The first kappa shape index (κ1) is 16.5. The normalized spacial score (nSPS) is 17.5. The molecule has 0 unspecified atom stereocenters. The number of rotatable bonds is 5. The van der Waals surface area contributed by atoms with Crippen molar-refractivity contribution in [2.24, 2.45) is 11.1 Å². The van der Waals surface area contributed by atoms with Crippen molar-refractivity contribution in [3.8, 4) is 0 Å². The molecule has 0 aliphatic heterocycles. The molecule has 0 spiro atoms. The van der Waals surface area contributed by atoms with Crippen molar-refractivity contribution < 1.29 is 9.53 Å². The highest BCUT2D eigenvalue weighted by Crippen LogP contribution is 2.37. The fourth-order valence-electron chi connectivity index (χ4n) is 2.97. The van der Waals surface area contributed by atoms with E-state index in [2.05, 4.69) is 21.2 Å². The first-order valence-electron chi connectivity index (χ1n) is 7.41. The Balaban J connectivity index is 2.20. The van der Waals surface area contributed by atoms with Crippen LogP contribution in [0.1, 0.15) is 37.7 Å². The maximum Gasteiger partial charge on any atom is 0.231 e. The fourth-order valence-corrected chi connectivity index (χ4v) is 3.45. The second-order valence-corrected chi connectivity index (χ2v) is 6.55. The van der Waals surface area contributed by atoms with Crippen molar-refractivity contribution in [1.82, 2.24) is 0 Å². The SMILES string of the molecule is COCc1c(Br)cccc1NC(=O)C1(CN)CCCCC1. The molecule has 0 atom stereocenters. The van der Waals surface area contributed by atoms with Crippen molar-refractivity contribution in [2.45, 2.75) is 38.7 Å². The van der Waals surface area contributed by atoms with Gasteiger partial charge in [-0.2, -0.15) is 0 Å². The van der Waals surface area contributed by atoms with E-state index < -0.39 is 5.41 Å². The smallest absolute Gasteiger partial charge is 0.231 e. The van der Waals surface area contributed by atoms with Crippen LogP contribution in [0, 0.1) is 5.41 Å². The highest BCUT2D eigenvalue weighted by atomic mass is 79.9. The van der Waals surface area contributed by atoms with Gasteiger partial charge < -0.3 is 15.8 Å².